The number of ether oxygens (including phenoxy) is 2. The molecule has 0 aliphatic rings. The molecule has 0 fully saturated rings. The number of rotatable bonds is 7. The van der Waals surface area contributed by atoms with Gasteiger partial charge in [0.15, 0.2) is 0 Å². The summed E-state index contributed by atoms with van der Waals surface area (Å²) in [5, 5.41) is 5.47. The highest BCUT2D eigenvalue weighted by Gasteiger charge is 2.11. The van der Waals surface area contributed by atoms with Crippen LogP contribution in [0, 0.1) is 0 Å². The summed E-state index contributed by atoms with van der Waals surface area (Å²) in [6, 6.07) is 13.2. The average molecular weight is 368 g/mol. The van der Waals surface area contributed by atoms with Gasteiger partial charge in [0.05, 0.1) is 6.61 Å². The van der Waals surface area contributed by atoms with E-state index in [0.717, 1.165) is 5.56 Å². The Labute approximate surface area is 157 Å². The summed E-state index contributed by atoms with van der Waals surface area (Å²) in [6.45, 7) is 5.55. The van der Waals surface area contributed by atoms with Crippen molar-refractivity contribution < 1.29 is 23.9 Å². The van der Waals surface area contributed by atoms with Gasteiger partial charge in [-0.2, -0.15) is 0 Å². The topological polar surface area (TPSA) is 93.7 Å². The van der Waals surface area contributed by atoms with E-state index in [1.807, 2.05) is 6.07 Å². The Morgan fingerprint density at radius 1 is 1.07 bits per heavy atom. The summed E-state index contributed by atoms with van der Waals surface area (Å²) in [5.41, 5.74) is 1.72. The molecule has 2 rings (SSSR count). The average Bonchev–Trinajstić information content (AvgIpc) is 2.67. The first kappa shape index (κ1) is 19.7. The van der Waals surface area contributed by atoms with Gasteiger partial charge in [0.1, 0.15) is 5.75 Å². The molecule has 2 N–H and O–H groups in total. The molecular weight excluding hydrogens is 348 g/mol. The lowest BCUT2D eigenvalue weighted by molar-refractivity contribution is -0.116. The predicted molar refractivity (Wildman–Crippen MR) is 101 cm³/mol. The van der Waals surface area contributed by atoms with Gasteiger partial charge in [-0.05, 0) is 48.9 Å². The van der Waals surface area contributed by atoms with Gasteiger partial charge < -0.3 is 20.1 Å². The van der Waals surface area contributed by atoms with Crippen molar-refractivity contribution in [2.75, 3.05) is 11.9 Å². The van der Waals surface area contributed by atoms with Crippen LogP contribution in [0.25, 0.3) is 0 Å². The number of nitrogens with one attached hydrogen (secondary N) is 2. The molecule has 2 aromatic rings. The summed E-state index contributed by atoms with van der Waals surface area (Å²) in [5.74, 6) is -0.356. The largest absolute Gasteiger partial charge is 0.513 e. The molecule has 0 saturated carbocycles. The highest BCUT2D eigenvalue weighted by Crippen LogP contribution is 2.18. The minimum Gasteiger partial charge on any atom is -0.434 e. The van der Waals surface area contributed by atoms with Crippen molar-refractivity contribution in [1.29, 1.82) is 0 Å². The monoisotopic (exact) mass is 368 g/mol. The molecule has 0 aliphatic carbocycles. The van der Waals surface area contributed by atoms with Crippen molar-refractivity contribution in [2.24, 2.45) is 0 Å². The van der Waals surface area contributed by atoms with Crippen molar-refractivity contribution in [3.63, 3.8) is 0 Å². The first-order chi connectivity index (χ1) is 13.0. The molecule has 0 heterocycles. The molecule has 27 heavy (non-hydrogen) atoms. The molecule has 140 valence electrons. The molecular formula is C20H20N2O5. The van der Waals surface area contributed by atoms with E-state index in [1.165, 1.54) is 30.3 Å². The number of hydrogen-bond donors (Lipinski definition) is 2. The SMILES string of the molecule is C=CC(=O)NCc1ccccc1NC(=O)c1ccc(OC(=O)OCC)cc1. The molecule has 7 heteroatoms. The van der Waals surface area contributed by atoms with Crippen LogP contribution in [0.4, 0.5) is 10.5 Å². The fourth-order valence-corrected chi connectivity index (χ4v) is 2.16. The van der Waals surface area contributed by atoms with Crippen molar-refractivity contribution >= 4 is 23.7 Å². The normalized spacial score (nSPS) is 9.81. The van der Waals surface area contributed by atoms with E-state index >= 15 is 0 Å². The summed E-state index contributed by atoms with van der Waals surface area (Å²) in [4.78, 5) is 35.1. The third-order valence-corrected chi connectivity index (χ3v) is 3.48. The minimum absolute atomic E-state index is 0.214. The van der Waals surface area contributed by atoms with Gasteiger partial charge in [0.2, 0.25) is 5.91 Å². The number of amides is 2. The van der Waals surface area contributed by atoms with Crippen molar-refractivity contribution in [1.82, 2.24) is 5.32 Å². The second-order valence-electron chi connectivity index (χ2n) is 5.34. The van der Waals surface area contributed by atoms with Gasteiger partial charge in [-0.1, -0.05) is 24.8 Å². The number of anilines is 1. The molecule has 0 aromatic heterocycles. The maximum Gasteiger partial charge on any atom is 0.513 e. The third-order valence-electron chi connectivity index (χ3n) is 3.48. The Morgan fingerprint density at radius 3 is 2.44 bits per heavy atom. The first-order valence-corrected chi connectivity index (χ1v) is 8.27. The van der Waals surface area contributed by atoms with E-state index < -0.39 is 6.16 Å². The summed E-state index contributed by atoms with van der Waals surface area (Å²) < 4.78 is 9.64. The van der Waals surface area contributed by atoms with E-state index in [9.17, 15) is 14.4 Å². The van der Waals surface area contributed by atoms with Gasteiger partial charge >= 0.3 is 6.16 Å². The number of para-hydroxylation sites is 1. The van der Waals surface area contributed by atoms with Crippen LogP contribution in [0.3, 0.4) is 0 Å². The maximum absolute atomic E-state index is 12.4. The lowest BCUT2D eigenvalue weighted by Gasteiger charge is -2.12. The fraction of sp³-hybridized carbons (Fsp3) is 0.150. The zero-order valence-electron chi connectivity index (χ0n) is 14.9. The number of carbonyl (C=O) groups excluding carboxylic acids is 3. The van der Waals surface area contributed by atoms with Gasteiger partial charge in [0.25, 0.3) is 5.91 Å². The summed E-state index contributed by atoms with van der Waals surface area (Å²) in [6.07, 6.45) is 0.381. The highest BCUT2D eigenvalue weighted by atomic mass is 16.7. The summed E-state index contributed by atoms with van der Waals surface area (Å²) >= 11 is 0. The Bertz CT molecular complexity index is 831. The van der Waals surface area contributed by atoms with Crippen molar-refractivity contribution in [2.45, 2.75) is 13.5 Å². The first-order valence-electron chi connectivity index (χ1n) is 8.27. The molecule has 2 aromatic carbocycles. The Kier molecular flexibility index (Phi) is 7.13. The van der Waals surface area contributed by atoms with E-state index in [-0.39, 0.29) is 30.7 Å². The van der Waals surface area contributed by atoms with Crippen LogP contribution in [0.2, 0.25) is 0 Å². The second-order valence-corrected chi connectivity index (χ2v) is 5.34. The van der Waals surface area contributed by atoms with Crippen molar-refractivity contribution in [3.8, 4) is 5.75 Å². The van der Waals surface area contributed by atoms with Gasteiger partial charge in [-0.3, -0.25) is 9.59 Å². The lowest BCUT2D eigenvalue weighted by Crippen LogP contribution is -2.21. The molecule has 0 unspecified atom stereocenters. The maximum atomic E-state index is 12.4. The number of hydrogen-bond acceptors (Lipinski definition) is 5. The Morgan fingerprint density at radius 2 is 1.78 bits per heavy atom. The number of benzene rings is 2. The van der Waals surface area contributed by atoms with E-state index in [4.69, 9.17) is 4.74 Å². The van der Waals surface area contributed by atoms with E-state index in [2.05, 4.69) is 21.9 Å². The zero-order valence-corrected chi connectivity index (χ0v) is 14.9. The van der Waals surface area contributed by atoms with Crippen LogP contribution in [-0.4, -0.2) is 24.6 Å². The van der Waals surface area contributed by atoms with Gasteiger partial charge in [0, 0.05) is 17.8 Å². The van der Waals surface area contributed by atoms with Crippen LogP contribution in [0.5, 0.6) is 5.75 Å². The smallest absolute Gasteiger partial charge is 0.434 e. The van der Waals surface area contributed by atoms with Crippen LogP contribution < -0.4 is 15.4 Å². The third kappa shape index (κ3) is 6.00. The molecule has 0 aliphatic heterocycles. The predicted octanol–water partition coefficient (Wildman–Crippen LogP) is 3.28. The quantitative estimate of drug-likeness (QED) is 0.444. The van der Waals surface area contributed by atoms with Crippen LogP contribution in [0.15, 0.2) is 61.2 Å². The Balaban J connectivity index is 2.03. The zero-order chi connectivity index (χ0) is 19.6. The van der Waals surface area contributed by atoms with E-state index in [1.54, 1.807) is 25.1 Å². The lowest BCUT2D eigenvalue weighted by atomic mass is 10.1. The molecule has 0 atom stereocenters. The second kappa shape index (κ2) is 9.76. The molecule has 2 amide bonds. The van der Waals surface area contributed by atoms with Gasteiger partial charge in [-0.15, -0.1) is 0 Å². The van der Waals surface area contributed by atoms with Gasteiger partial charge in [-0.25, -0.2) is 4.79 Å². The molecule has 0 saturated heterocycles. The fourth-order valence-electron chi connectivity index (χ4n) is 2.16. The van der Waals surface area contributed by atoms with Crippen LogP contribution in [-0.2, 0) is 16.1 Å². The van der Waals surface area contributed by atoms with Crippen LogP contribution in [0.1, 0.15) is 22.8 Å². The molecule has 0 bridgehead atoms. The standard InChI is InChI=1S/C20H20N2O5/c1-3-18(23)21-13-15-7-5-6-8-17(15)22-19(24)14-9-11-16(12-10-14)27-20(25)26-4-2/h3,5-12H,1,4,13H2,2H3,(H,21,23)(H,22,24). The van der Waals surface area contributed by atoms with Crippen LogP contribution >= 0.6 is 0 Å². The number of carbonyl (C=O) groups is 3. The molecule has 0 spiro atoms. The highest BCUT2D eigenvalue weighted by molar-refractivity contribution is 6.04. The Hall–Kier alpha value is -3.61. The molecule has 7 nitrogen and oxygen atoms in total. The van der Waals surface area contributed by atoms with Crippen molar-refractivity contribution in [3.05, 3.63) is 72.3 Å². The van der Waals surface area contributed by atoms with E-state index in [0.29, 0.717) is 11.3 Å². The molecule has 0 radical (unpaired) electrons. The summed E-state index contributed by atoms with van der Waals surface area (Å²) in [7, 11) is 0. The minimum atomic E-state index is -0.801.